The number of aromatic nitrogens is 2. The van der Waals surface area contributed by atoms with Crippen LogP contribution in [0.1, 0.15) is 27.4 Å². The van der Waals surface area contributed by atoms with E-state index in [1.165, 1.54) is 10.4 Å². The number of benzene rings is 2. The van der Waals surface area contributed by atoms with Crippen molar-refractivity contribution >= 4 is 27.4 Å². The van der Waals surface area contributed by atoms with Crippen molar-refractivity contribution in [1.29, 1.82) is 5.26 Å². The van der Waals surface area contributed by atoms with E-state index in [-0.39, 0.29) is 0 Å². The molecule has 0 amide bonds. The Morgan fingerprint density at radius 3 is 2.54 bits per heavy atom. The Kier molecular flexibility index (Phi) is 4.34. The molecule has 2 aromatic carbocycles. The van der Waals surface area contributed by atoms with Crippen molar-refractivity contribution < 1.29 is 0 Å². The molecule has 0 aliphatic heterocycles. The second kappa shape index (κ2) is 6.95. The van der Waals surface area contributed by atoms with Crippen LogP contribution in [0.4, 0.5) is 5.82 Å². The Hall–Kier alpha value is -3.23. The number of hydrogen-bond donors (Lipinski definition) is 1. The monoisotopic (exact) mass is 356 g/mol. The van der Waals surface area contributed by atoms with Crippen LogP contribution in [0, 0.1) is 11.3 Å². The van der Waals surface area contributed by atoms with Gasteiger partial charge in [0.15, 0.2) is 0 Å². The Morgan fingerprint density at radius 1 is 0.923 bits per heavy atom. The summed E-state index contributed by atoms with van der Waals surface area (Å²) in [5.41, 5.74) is 9.08. The maximum atomic E-state index is 9.04. The molecule has 0 fully saturated rings. The van der Waals surface area contributed by atoms with Crippen molar-refractivity contribution in [2.75, 3.05) is 5.73 Å². The van der Waals surface area contributed by atoms with Crippen LogP contribution in [0.3, 0.4) is 0 Å². The molecule has 0 aliphatic rings. The lowest BCUT2D eigenvalue weighted by Gasteiger charge is -2.03. The van der Waals surface area contributed by atoms with Gasteiger partial charge in [-0.15, -0.1) is 11.3 Å². The van der Waals surface area contributed by atoms with Crippen molar-refractivity contribution in [2.45, 2.75) is 12.8 Å². The molecule has 0 saturated heterocycles. The van der Waals surface area contributed by atoms with Gasteiger partial charge in [-0.05, 0) is 29.3 Å². The highest BCUT2D eigenvalue weighted by Gasteiger charge is 2.11. The zero-order valence-electron chi connectivity index (χ0n) is 14.0. The predicted molar refractivity (Wildman–Crippen MR) is 105 cm³/mol. The van der Waals surface area contributed by atoms with Gasteiger partial charge in [-0.2, -0.15) is 5.26 Å². The van der Waals surface area contributed by atoms with E-state index in [0.717, 1.165) is 22.2 Å². The van der Waals surface area contributed by atoms with Crippen molar-refractivity contribution in [2.24, 2.45) is 0 Å². The van der Waals surface area contributed by atoms with Gasteiger partial charge < -0.3 is 5.73 Å². The first-order valence-corrected chi connectivity index (χ1v) is 9.11. The minimum absolute atomic E-state index is 0.511. The number of anilines is 1. The van der Waals surface area contributed by atoms with Gasteiger partial charge in [-0.3, -0.25) is 0 Å². The van der Waals surface area contributed by atoms with Crippen LogP contribution < -0.4 is 5.73 Å². The fraction of sp³-hybridized carbons (Fsp3) is 0.0952. The minimum Gasteiger partial charge on any atom is -0.383 e. The van der Waals surface area contributed by atoms with Crippen molar-refractivity contribution in [1.82, 2.24) is 9.97 Å². The molecule has 0 unspecified atom stereocenters. The lowest BCUT2D eigenvalue weighted by Crippen LogP contribution is -2.00. The number of rotatable bonds is 4. The number of hydrogen-bond acceptors (Lipinski definition) is 5. The topological polar surface area (TPSA) is 75.6 Å². The second-order valence-electron chi connectivity index (χ2n) is 6.11. The van der Waals surface area contributed by atoms with Crippen LogP contribution in [0.15, 0.2) is 60.7 Å². The third-order valence-electron chi connectivity index (χ3n) is 4.16. The van der Waals surface area contributed by atoms with Crippen LogP contribution in [-0.2, 0) is 12.8 Å². The van der Waals surface area contributed by atoms with Crippen molar-refractivity contribution in [3.63, 3.8) is 0 Å². The van der Waals surface area contributed by atoms with Crippen LogP contribution in [0.5, 0.6) is 0 Å². The summed E-state index contributed by atoms with van der Waals surface area (Å²) < 4.78 is 0. The van der Waals surface area contributed by atoms with Crippen LogP contribution in [0.2, 0.25) is 0 Å². The number of fused-ring (bicyclic) bond motifs is 1. The molecule has 0 radical (unpaired) electrons. The summed E-state index contributed by atoms with van der Waals surface area (Å²) in [6, 6.07) is 22.1. The summed E-state index contributed by atoms with van der Waals surface area (Å²) in [6.45, 7) is 0. The number of nitrogens with two attached hydrogens (primary N) is 1. The molecule has 4 aromatic rings. The maximum absolute atomic E-state index is 9.04. The van der Waals surface area contributed by atoms with Crippen LogP contribution >= 0.6 is 11.3 Å². The quantitative estimate of drug-likeness (QED) is 0.590. The standard InChI is InChI=1S/C21H16N4S/c22-13-16-8-4-7-15(9-16)11-19-24-20(23)18-12-17(26-21(18)25-19)10-14-5-2-1-3-6-14/h1-9,12H,10-11H2,(H2,23,24,25). The number of nitriles is 1. The Bertz CT molecular complexity index is 1110. The lowest BCUT2D eigenvalue weighted by molar-refractivity contribution is 1.00. The highest BCUT2D eigenvalue weighted by molar-refractivity contribution is 7.18. The SMILES string of the molecule is N#Cc1cccc(Cc2nc(N)c3cc(Cc4ccccc4)sc3n2)c1. The average molecular weight is 356 g/mol. The minimum atomic E-state index is 0.511. The van der Waals surface area contributed by atoms with E-state index >= 15 is 0 Å². The molecule has 126 valence electrons. The fourth-order valence-electron chi connectivity index (χ4n) is 2.94. The largest absolute Gasteiger partial charge is 0.383 e. The maximum Gasteiger partial charge on any atom is 0.136 e. The van der Waals surface area contributed by atoms with Gasteiger partial charge in [0.1, 0.15) is 16.5 Å². The lowest BCUT2D eigenvalue weighted by atomic mass is 10.1. The van der Waals surface area contributed by atoms with Gasteiger partial charge in [0.05, 0.1) is 17.0 Å². The molecule has 0 bridgehead atoms. The zero-order valence-corrected chi connectivity index (χ0v) is 14.8. The van der Waals surface area contributed by atoms with E-state index in [9.17, 15) is 0 Å². The molecular weight excluding hydrogens is 340 g/mol. The summed E-state index contributed by atoms with van der Waals surface area (Å²) in [5, 5.41) is 9.95. The summed E-state index contributed by atoms with van der Waals surface area (Å²) in [6.07, 6.45) is 1.42. The Balaban J connectivity index is 1.64. The molecule has 5 heteroatoms. The molecule has 26 heavy (non-hydrogen) atoms. The number of nitrogens with zero attached hydrogens (tertiary/aromatic N) is 3. The third-order valence-corrected chi connectivity index (χ3v) is 5.19. The number of thiophene rings is 1. The molecule has 0 saturated carbocycles. The highest BCUT2D eigenvalue weighted by Crippen LogP contribution is 2.29. The molecule has 2 N–H and O–H groups in total. The summed E-state index contributed by atoms with van der Waals surface area (Å²) in [4.78, 5) is 11.3. The van der Waals surface area contributed by atoms with E-state index in [0.29, 0.717) is 23.6 Å². The number of nitrogen functional groups attached to an aromatic ring is 1. The molecule has 0 spiro atoms. The third kappa shape index (κ3) is 3.41. The van der Waals surface area contributed by atoms with Gasteiger partial charge in [-0.1, -0.05) is 42.5 Å². The Morgan fingerprint density at radius 2 is 1.73 bits per heavy atom. The molecular formula is C21H16N4S. The van der Waals surface area contributed by atoms with E-state index in [4.69, 9.17) is 16.0 Å². The summed E-state index contributed by atoms with van der Waals surface area (Å²) in [5.74, 6) is 1.19. The van der Waals surface area contributed by atoms with E-state index in [1.807, 2.05) is 36.4 Å². The predicted octanol–water partition coefficient (Wildman–Crippen LogP) is 4.33. The molecule has 2 aromatic heterocycles. The van der Waals surface area contributed by atoms with E-state index in [2.05, 4.69) is 29.3 Å². The van der Waals surface area contributed by atoms with E-state index < -0.39 is 0 Å². The highest BCUT2D eigenvalue weighted by atomic mass is 32.1. The molecule has 4 rings (SSSR count). The molecule has 2 heterocycles. The van der Waals surface area contributed by atoms with Gasteiger partial charge in [0.2, 0.25) is 0 Å². The Labute approximate surface area is 155 Å². The van der Waals surface area contributed by atoms with Crippen molar-refractivity contribution in [3.05, 3.63) is 88.1 Å². The summed E-state index contributed by atoms with van der Waals surface area (Å²) >= 11 is 1.66. The average Bonchev–Trinajstić information content (AvgIpc) is 3.06. The smallest absolute Gasteiger partial charge is 0.136 e. The molecule has 4 nitrogen and oxygen atoms in total. The van der Waals surface area contributed by atoms with Crippen LogP contribution in [0.25, 0.3) is 10.2 Å². The van der Waals surface area contributed by atoms with Gasteiger partial charge in [-0.25, -0.2) is 9.97 Å². The second-order valence-corrected chi connectivity index (χ2v) is 7.22. The normalized spacial score (nSPS) is 10.7. The summed E-state index contributed by atoms with van der Waals surface area (Å²) in [7, 11) is 0. The van der Waals surface area contributed by atoms with Crippen molar-refractivity contribution in [3.8, 4) is 6.07 Å². The zero-order chi connectivity index (χ0) is 17.9. The fourth-order valence-corrected chi connectivity index (χ4v) is 4.02. The molecule has 0 aliphatic carbocycles. The van der Waals surface area contributed by atoms with Crippen LogP contribution in [-0.4, -0.2) is 9.97 Å². The first-order chi connectivity index (χ1) is 12.7. The van der Waals surface area contributed by atoms with Gasteiger partial charge in [0, 0.05) is 17.7 Å². The van der Waals surface area contributed by atoms with Gasteiger partial charge >= 0.3 is 0 Å². The first kappa shape index (κ1) is 16.2. The molecule has 0 atom stereocenters. The van der Waals surface area contributed by atoms with E-state index in [1.54, 1.807) is 17.4 Å². The van der Waals surface area contributed by atoms with Gasteiger partial charge in [0.25, 0.3) is 0 Å². The first-order valence-electron chi connectivity index (χ1n) is 8.29.